The minimum Gasteiger partial charge on any atom is -0.387 e. The van der Waals surface area contributed by atoms with Gasteiger partial charge in [-0.15, -0.1) is 11.3 Å². The third kappa shape index (κ3) is 2.97. The predicted octanol–water partition coefficient (Wildman–Crippen LogP) is 2.62. The average Bonchev–Trinajstić information content (AvgIpc) is 2.78. The molecule has 0 aromatic carbocycles. The Balaban J connectivity index is 2.08. The van der Waals surface area contributed by atoms with Crippen molar-refractivity contribution in [1.29, 1.82) is 0 Å². The fourth-order valence-corrected chi connectivity index (χ4v) is 2.68. The van der Waals surface area contributed by atoms with E-state index in [0.29, 0.717) is 37.4 Å². The number of aromatic nitrogens is 1. The van der Waals surface area contributed by atoms with Crippen LogP contribution in [0.15, 0.2) is 6.20 Å². The number of aliphatic hydroxyl groups excluding tert-OH is 1. The van der Waals surface area contributed by atoms with Crippen molar-refractivity contribution in [2.45, 2.75) is 25.1 Å². The maximum atomic E-state index is 12.4. The topological polar surface area (TPSA) is 42.4 Å². The lowest BCUT2D eigenvalue weighted by Gasteiger charge is -2.25. The van der Waals surface area contributed by atoms with Gasteiger partial charge in [-0.2, -0.15) is 13.2 Å². The fourth-order valence-electron chi connectivity index (χ4n) is 1.82. The highest BCUT2D eigenvalue weighted by Crippen LogP contribution is 2.37. The van der Waals surface area contributed by atoms with Crippen molar-refractivity contribution in [1.82, 2.24) is 4.98 Å². The predicted molar refractivity (Wildman–Crippen MR) is 55.6 cm³/mol. The first kappa shape index (κ1) is 12.8. The van der Waals surface area contributed by atoms with Gasteiger partial charge in [0.1, 0.15) is 0 Å². The Labute approximate surface area is 100 Å². The van der Waals surface area contributed by atoms with Crippen molar-refractivity contribution in [2.75, 3.05) is 13.2 Å². The summed E-state index contributed by atoms with van der Waals surface area (Å²) in [4.78, 5) is 3.59. The van der Waals surface area contributed by atoms with Gasteiger partial charge in [0.2, 0.25) is 0 Å². The highest BCUT2D eigenvalue weighted by atomic mass is 32.1. The maximum Gasteiger partial charge on any atom is 0.443 e. The van der Waals surface area contributed by atoms with Crippen molar-refractivity contribution in [3.05, 3.63) is 16.1 Å². The van der Waals surface area contributed by atoms with Crippen molar-refractivity contribution < 1.29 is 23.0 Å². The number of thiazole rings is 1. The Morgan fingerprint density at radius 3 is 2.59 bits per heavy atom. The number of aliphatic hydroxyl groups is 1. The first-order valence-electron chi connectivity index (χ1n) is 5.27. The second kappa shape index (κ2) is 4.91. The number of nitrogens with zero attached hydrogens (tertiary/aromatic N) is 1. The molecule has 2 heterocycles. The number of ether oxygens (including phenoxy) is 1. The minimum atomic E-state index is -4.43. The smallest absolute Gasteiger partial charge is 0.387 e. The number of halogens is 3. The lowest BCUT2D eigenvalue weighted by molar-refractivity contribution is -0.137. The Morgan fingerprint density at radius 1 is 1.41 bits per heavy atom. The molecular weight excluding hydrogens is 255 g/mol. The largest absolute Gasteiger partial charge is 0.443 e. The molecule has 96 valence electrons. The van der Waals surface area contributed by atoms with E-state index in [-0.39, 0.29) is 10.8 Å². The molecule has 1 fully saturated rings. The minimum absolute atomic E-state index is 0.0368. The summed E-state index contributed by atoms with van der Waals surface area (Å²) in [7, 11) is 0. The molecule has 1 unspecified atom stereocenters. The van der Waals surface area contributed by atoms with Gasteiger partial charge in [-0.05, 0) is 18.8 Å². The van der Waals surface area contributed by atoms with E-state index in [2.05, 4.69) is 4.98 Å². The monoisotopic (exact) mass is 267 g/mol. The van der Waals surface area contributed by atoms with Crippen LogP contribution in [0, 0.1) is 5.92 Å². The Morgan fingerprint density at radius 2 is 2.06 bits per heavy atom. The van der Waals surface area contributed by atoms with Crippen LogP contribution in [-0.4, -0.2) is 23.3 Å². The van der Waals surface area contributed by atoms with E-state index in [1.807, 2.05) is 0 Å². The van der Waals surface area contributed by atoms with Gasteiger partial charge >= 0.3 is 6.18 Å². The molecule has 17 heavy (non-hydrogen) atoms. The van der Waals surface area contributed by atoms with Crippen LogP contribution in [-0.2, 0) is 10.9 Å². The third-order valence-corrected chi connectivity index (χ3v) is 3.88. The Bertz CT molecular complexity index is 374. The van der Waals surface area contributed by atoms with Crippen LogP contribution in [0.3, 0.4) is 0 Å². The van der Waals surface area contributed by atoms with Crippen LogP contribution in [0.5, 0.6) is 0 Å². The normalized spacial score (nSPS) is 20.5. The first-order valence-corrected chi connectivity index (χ1v) is 6.09. The summed E-state index contributed by atoms with van der Waals surface area (Å²) in [6.45, 7) is 1.10. The second-order valence-electron chi connectivity index (χ2n) is 3.96. The van der Waals surface area contributed by atoms with E-state index in [0.717, 1.165) is 6.20 Å². The van der Waals surface area contributed by atoms with Crippen LogP contribution in [0.25, 0.3) is 0 Å². The molecule has 1 saturated heterocycles. The lowest BCUT2D eigenvalue weighted by Crippen LogP contribution is -2.21. The molecule has 1 aromatic heterocycles. The van der Waals surface area contributed by atoms with E-state index in [1.165, 1.54) is 0 Å². The quantitative estimate of drug-likeness (QED) is 0.895. The summed E-state index contributed by atoms with van der Waals surface area (Å²) in [5.74, 6) is -0.0368. The van der Waals surface area contributed by atoms with Crippen LogP contribution in [0.4, 0.5) is 13.2 Å². The van der Waals surface area contributed by atoms with Crippen LogP contribution < -0.4 is 0 Å². The first-order chi connectivity index (χ1) is 7.98. The SMILES string of the molecule is OC(c1cnc(C(F)(F)F)s1)C1CCOCC1. The van der Waals surface area contributed by atoms with Gasteiger partial charge in [-0.25, -0.2) is 4.98 Å². The van der Waals surface area contributed by atoms with Crippen molar-refractivity contribution in [3.63, 3.8) is 0 Å². The molecule has 1 aromatic rings. The van der Waals surface area contributed by atoms with E-state index in [1.54, 1.807) is 0 Å². The van der Waals surface area contributed by atoms with Gasteiger partial charge < -0.3 is 9.84 Å². The van der Waals surface area contributed by atoms with Gasteiger partial charge in [0, 0.05) is 19.4 Å². The van der Waals surface area contributed by atoms with Crippen molar-refractivity contribution in [3.8, 4) is 0 Å². The summed E-state index contributed by atoms with van der Waals surface area (Å²) in [6.07, 6.45) is -2.85. The molecule has 1 aliphatic heterocycles. The maximum absolute atomic E-state index is 12.4. The fraction of sp³-hybridized carbons (Fsp3) is 0.700. The summed E-state index contributed by atoms with van der Waals surface area (Å²) in [6, 6.07) is 0. The van der Waals surface area contributed by atoms with E-state index in [9.17, 15) is 18.3 Å². The number of hydrogen-bond donors (Lipinski definition) is 1. The van der Waals surface area contributed by atoms with E-state index < -0.39 is 17.3 Å². The molecule has 0 saturated carbocycles. The highest BCUT2D eigenvalue weighted by molar-refractivity contribution is 7.11. The Kier molecular flexibility index (Phi) is 3.70. The zero-order chi connectivity index (χ0) is 12.5. The standard InChI is InChI=1S/C10H12F3NO2S/c11-10(12,13)9-14-5-7(17-9)8(15)6-1-3-16-4-2-6/h5-6,8,15H,1-4H2. The van der Waals surface area contributed by atoms with Gasteiger partial charge in [-0.1, -0.05) is 0 Å². The average molecular weight is 267 g/mol. The van der Waals surface area contributed by atoms with Gasteiger partial charge in [-0.3, -0.25) is 0 Å². The van der Waals surface area contributed by atoms with E-state index >= 15 is 0 Å². The molecule has 0 bridgehead atoms. The van der Waals surface area contributed by atoms with Gasteiger partial charge in [0.05, 0.1) is 11.0 Å². The van der Waals surface area contributed by atoms with Gasteiger partial charge in [0.25, 0.3) is 0 Å². The molecule has 1 N–H and O–H groups in total. The molecule has 0 aliphatic carbocycles. The zero-order valence-electron chi connectivity index (χ0n) is 8.91. The summed E-state index contributed by atoms with van der Waals surface area (Å²) in [5, 5.41) is 9.07. The summed E-state index contributed by atoms with van der Waals surface area (Å²) < 4.78 is 42.2. The van der Waals surface area contributed by atoms with E-state index in [4.69, 9.17) is 4.74 Å². The van der Waals surface area contributed by atoms with Gasteiger partial charge in [0.15, 0.2) is 5.01 Å². The lowest BCUT2D eigenvalue weighted by atomic mass is 9.93. The second-order valence-corrected chi connectivity index (χ2v) is 5.02. The molecule has 1 atom stereocenters. The van der Waals surface area contributed by atoms with Crippen LogP contribution >= 0.6 is 11.3 Å². The molecule has 0 spiro atoms. The summed E-state index contributed by atoms with van der Waals surface area (Å²) >= 11 is 0.515. The zero-order valence-corrected chi connectivity index (χ0v) is 9.72. The van der Waals surface area contributed by atoms with Crippen molar-refractivity contribution >= 4 is 11.3 Å². The Hall–Kier alpha value is -0.660. The molecular formula is C10H12F3NO2S. The summed E-state index contributed by atoms with van der Waals surface area (Å²) in [5.41, 5.74) is 0. The highest BCUT2D eigenvalue weighted by Gasteiger charge is 2.36. The molecule has 0 radical (unpaired) electrons. The molecule has 1 aliphatic rings. The molecule has 0 amide bonds. The number of rotatable bonds is 2. The molecule has 2 rings (SSSR count). The van der Waals surface area contributed by atoms with Crippen LogP contribution in [0.1, 0.15) is 28.8 Å². The third-order valence-electron chi connectivity index (χ3n) is 2.77. The molecule has 7 heteroatoms. The molecule has 3 nitrogen and oxygen atoms in total. The van der Waals surface area contributed by atoms with Crippen LogP contribution in [0.2, 0.25) is 0 Å². The van der Waals surface area contributed by atoms with Crippen molar-refractivity contribution in [2.24, 2.45) is 5.92 Å². The number of alkyl halides is 3. The number of hydrogen-bond acceptors (Lipinski definition) is 4.